The summed E-state index contributed by atoms with van der Waals surface area (Å²) in [6, 6.07) is 4.83. The second-order valence-electron chi connectivity index (χ2n) is 5.04. The molecule has 2 heterocycles. The number of hydrogen-bond donors (Lipinski definition) is 1. The predicted molar refractivity (Wildman–Crippen MR) is 75.5 cm³/mol. The second kappa shape index (κ2) is 6.63. The zero-order valence-electron chi connectivity index (χ0n) is 11.8. The molecule has 1 unspecified atom stereocenters. The van der Waals surface area contributed by atoms with Crippen LogP contribution in [0.15, 0.2) is 35.1 Å². The Morgan fingerprint density at radius 2 is 2.20 bits per heavy atom. The molecule has 0 spiro atoms. The van der Waals surface area contributed by atoms with Crippen LogP contribution in [0.5, 0.6) is 0 Å². The summed E-state index contributed by atoms with van der Waals surface area (Å²) in [5.41, 5.74) is 7.97. The van der Waals surface area contributed by atoms with Crippen molar-refractivity contribution in [2.75, 3.05) is 13.6 Å². The molecular formula is C15H20FN3O. The maximum absolute atomic E-state index is 12.8. The highest BCUT2D eigenvalue weighted by atomic mass is 19.1. The summed E-state index contributed by atoms with van der Waals surface area (Å²) in [6.45, 7) is 3.62. The number of halogens is 1. The van der Waals surface area contributed by atoms with Crippen LogP contribution in [-0.2, 0) is 6.54 Å². The van der Waals surface area contributed by atoms with Crippen molar-refractivity contribution in [3.05, 3.63) is 53.5 Å². The fourth-order valence-corrected chi connectivity index (χ4v) is 2.06. The number of nitrogens with two attached hydrogens (primary N) is 1. The largest absolute Gasteiger partial charge is 0.469 e. The van der Waals surface area contributed by atoms with Gasteiger partial charge in [-0.3, -0.25) is 4.98 Å². The average Bonchev–Trinajstić information content (AvgIpc) is 2.82. The quantitative estimate of drug-likeness (QED) is 0.882. The number of rotatable bonds is 6. The highest BCUT2D eigenvalue weighted by Crippen LogP contribution is 2.14. The molecule has 2 rings (SSSR count). The molecule has 2 aromatic heterocycles. The summed E-state index contributed by atoms with van der Waals surface area (Å²) in [7, 11) is 2.04. The van der Waals surface area contributed by atoms with Crippen molar-refractivity contribution in [3.8, 4) is 0 Å². The maximum atomic E-state index is 12.8. The summed E-state index contributed by atoms with van der Waals surface area (Å²) < 4.78 is 18.1. The second-order valence-corrected chi connectivity index (χ2v) is 5.04. The van der Waals surface area contributed by atoms with Gasteiger partial charge in [-0.15, -0.1) is 0 Å². The van der Waals surface area contributed by atoms with Gasteiger partial charge < -0.3 is 15.1 Å². The van der Waals surface area contributed by atoms with Gasteiger partial charge in [0, 0.05) is 24.7 Å². The van der Waals surface area contributed by atoms with E-state index in [1.165, 1.54) is 17.8 Å². The third-order valence-electron chi connectivity index (χ3n) is 3.36. The van der Waals surface area contributed by atoms with Crippen molar-refractivity contribution in [2.45, 2.75) is 25.9 Å². The van der Waals surface area contributed by atoms with Crippen molar-refractivity contribution in [2.24, 2.45) is 5.73 Å². The van der Waals surface area contributed by atoms with Crippen molar-refractivity contribution in [1.82, 2.24) is 9.88 Å². The number of furan rings is 1. The Balaban J connectivity index is 1.82. The Bertz CT molecular complexity index is 538. The normalized spacial score (nSPS) is 12.8. The van der Waals surface area contributed by atoms with Gasteiger partial charge in [0.05, 0.1) is 18.2 Å². The van der Waals surface area contributed by atoms with E-state index in [1.807, 2.05) is 20.0 Å². The SMILES string of the molecule is Cc1occc1CN(C)CCC(N)c1ccc(F)cn1. The number of hydrogen-bond acceptors (Lipinski definition) is 4. The molecule has 0 bridgehead atoms. The molecule has 20 heavy (non-hydrogen) atoms. The molecule has 4 nitrogen and oxygen atoms in total. The molecular weight excluding hydrogens is 257 g/mol. The summed E-state index contributed by atoms with van der Waals surface area (Å²) in [6.07, 6.45) is 3.67. The molecule has 0 aliphatic carbocycles. The Kier molecular flexibility index (Phi) is 4.87. The van der Waals surface area contributed by atoms with E-state index in [0.29, 0.717) is 0 Å². The van der Waals surface area contributed by atoms with Crippen LogP contribution in [0.25, 0.3) is 0 Å². The molecule has 1 atom stereocenters. The third-order valence-corrected chi connectivity index (χ3v) is 3.36. The first-order valence-corrected chi connectivity index (χ1v) is 6.65. The molecule has 0 aromatic carbocycles. The number of aromatic nitrogens is 1. The summed E-state index contributed by atoms with van der Waals surface area (Å²) in [4.78, 5) is 6.19. The van der Waals surface area contributed by atoms with Gasteiger partial charge >= 0.3 is 0 Å². The molecule has 0 aliphatic rings. The Hall–Kier alpha value is -1.72. The molecule has 0 aliphatic heterocycles. The first-order chi connectivity index (χ1) is 9.56. The fourth-order valence-electron chi connectivity index (χ4n) is 2.06. The monoisotopic (exact) mass is 277 g/mol. The molecule has 0 fully saturated rings. The standard InChI is InChI=1S/C15H20FN3O/c1-11-12(6-8-20-11)10-19(2)7-5-14(17)15-4-3-13(16)9-18-15/h3-4,6,8-9,14H,5,7,10,17H2,1-2H3. The molecule has 2 N–H and O–H groups in total. The number of nitrogens with zero attached hydrogens (tertiary/aromatic N) is 2. The molecule has 2 aromatic rings. The van der Waals surface area contributed by atoms with Gasteiger partial charge in [0.15, 0.2) is 0 Å². The summed E-state index contributed by atoms with van der Waals surface area (Å²) in [5.74, 6) is 0.606. The Labute approximate surface area is 118 Å². The van der Waals surface area contributed by atoms with Crippen LogP contribution in [0, 0.1) is 12.7 Å². The van der Waals surface area contributed by atoms with Crippen molar-refractivity contribution >= 4 is 0 Å². The first kappa shape index (κ1) is 14.7. The average molecular weight is 277 g/mol. The predicted octanol–water partition coefficient (Wildman–Crippen LogP) is 2.64. The van der Waals surface area contributed by atoms with Crippen LogP contribution in [0.2, 0.25) is 0 Å². The van der Waals surface area contributed by atoms with E-state index in [0.717, 1.165) is 31.0 Å². The zero-order valence-corrected chi connectivity index (χ0v) is 11.8. The van der Waals surface area contributed by atoms with Crippen LogP contribution >= 0.6 is 0 Å². The van der Waals surface area contributed by atoms with Crippen LogP contribution < -0.4 is 5.73 Å². The van der Waals surface area contributed by atoms with Crippen molar-refractivity contribution in [3.63, 3.8) is 0 Å². The Morgan fingerprint density at radius 1 is 1.40 bits per heavy atom. The molecule has 0 saturated heterocycles. The minimum Gasteiger partial charge on any atom is -0.469 e. The van der Waals surface area contributed by atoms with Crippen LogP contribution in [0.4, 0.5) is 4.39 Å². The molecule has 108 valence electrons. The van der Waals surface area contributed by atoms with Crippen LogP contribution in [0.3, 0.4) is 0 Å². The van der Waals surface area contributed by atoms with Crippen molar-refractivity contribution in [1.29, 1.82) is 0 Å². The number of pyridine rings is 1. The summed E-state index contributed by atoms with van der Waals surface area (Å²) in [5, 5.41) is 0. The lowest BCUT2D eigenvalue weighted by molar-refractivity contribution is 0.308. The van der Waals surface area contributed by atoms with Gasteiger partial charge in [-0.25, -0.2) is 4.39 Å². The van der Waals surface area contributed by atoms with E-state index in [-0.39, 0.29) is 11.9 Å². The van der Waals surface area contributed by atoms with Gasteiger partial charge in [0.25, 0.3) is 0 Å². The van der Waals surface area contributed by atoms with Gasteiger partial charge in [-0.1, -0.05) is 0 Å². The van der Waals surface area contributed by atoms with E-state index in [2.05, 4.69) is 9.88 Å². The van der Waals surface area contributed by atoms with Gasteiger partial charge in [0.2, 0.25) is 0 Å². The lowest BCUT2D eigenvalue weighted by Gasteiger charge is -2.18. The third kappa shape index (κ3) is 3.88. The van der Waals surface area contributed by atoms with Gasteiger partial charge in [0.1, 0.15) is 11.6 Å². The van der Waals surface area contributed by atoms with Gasteiger partial charge in [-0.05, 0) is 38.6 Å². The molecule has 0 saturated carbocycles. The topological polar surface area (TPSA) is 55.3 Å². The number of aryl methyl sites for hydroxylation is 1. The minimum absolute atomic E-state index is 0.177. The van der Waals surface area contributed by atoms with E-state index in [4.69, 9.17) is 10.2 Å². The van der Waals surface area contributed by atoms with E-state index in [1.54, 1.807) is 12.3 Å². The van der Waals surface area contributed by atoms with E-state index < -0.39 is 0 Å². The molecule has 0 radical (unpaired) electrons. The van der Waals surface area contributed by atoms with Gasteiger partial charge in [-0.2, -0.15) is 0 Å². The summed E-state index contributed by atoms with van der Waals surface area (Å²) >= 11 is 0. The van der Waals surface area contributed by atoms with Crippen LogP contribution in [0.1, 0.15) is 29.5 Å². The smallest absolute Gasteiger partial charge is 0.141 e. The minimum atomic E-state index is -0.339. The zero-order chi connectivity index (χ0) is 14.5. The van der Waals surface area contributed by atoms with Crippen molar-refractivity contribution < 1.29 is 8.81 Å². The lowest BCUT2D eigenvalue weighted by Crippen LogP contribution is -2.24. The van der Waals surface area contributed by atoms with E-state index in [9.17, 15) is 4.39 Å². The lowest BCUT2D eigenvalue weighted by atomic mass is 10.1. The highest BCUT2D eigenvalue weighted by Gasteiger charge is 2.10. The highest BCUT2D eigenvalue weighted by molar-refractivity contribution is 5.15. The van der Waals surface area contributed by atoms with Crippen LogP contribution in [-0.4, -0.2) is 23.5 Å². The maximum Gasteiger partial charge on any atom is 0.141 e. The molecule has 0 amide bonds. The van der Waals surface area contributed by atoms with E-state index >= 15 is 0 Å². The molecule has 5 heteroatoms. The fraction of sp³-hybridized carbons (Fsp3) is 0.400. The Morgan fingerprint density at radius 3 is 2.80 bits per heavy atom. The first-order valence-electron chi connectivity index (χ1n) is 6.65.